The van der Waals surface area contributed by atoms with Crippen LogP contribution in [0.5, 0.6) is 11.5 Å². The molecule has 3 nitrogen and oxygen atoms in total. The van der Waals surface area contributed by atoms with Gasteiger partial charge in [0.15, 0.2) is 11.5 Å². The standard InChI is InChI=1S/C10H8BrNO2/c1-2-7-6(4-12)3-8-10(9(7)11)14-5-13-8/h3H,2,5H2,1H3. The summed E-state index contributed by atoms with van der Waals surface area (Å²) in [7, 11) is 0. The Bertz CT molecular complexity index is 423. The minimum atomic E-state index is 0.228. The predicted octanol–water partition coefficient (Wildman–Crippen LogP) is 2.61. The van der Waals surface area contributed by atoms with Crippen LogP contribution >= 0.6 is 15.9 Å². The van der Waals surface area contributed by atoms with E-state index in [9.17, 15) is 0 Å². The van der Waals surface area contributed by atoms with E-state index in [0.717, 1.165) is 16.5 Å². The van der Waals surface area contributed by atoms with Gasteiger partial charge in [0.05, 0.1) is 16.1 Å². The molecule has 1 heterocycles. The zero-order chi connectivity index (χ0) is 10.1. The minimum absolute atomic E-state index is 0.228. The molecule has 4 heteroatoms. The Labute approximate surface area is 90.4 Å². The average Bonchev–Trinajstić information content (AvgIpc) is 2.65. The van der Waals surface area contributed by atoms with Gasteiger partial charge in [-0.2, -0.15) is 5.26 Å². The number of rotatable bonds is 1. The first kappa shape index (κ1) is 9.35. The van der Waals surface area contributed by atoms with Crippen LogP contribution in [0.25, 0.3) is 0 Å². The molecule has 0 amide bonds. The highest BCUT2D eigenvalue weighted by atomic mass is 79.9. The zero-order valence-electron chi connectivity index (χ0n) is 7.63. The zero-order valence-corrected chi connectivity index (χ0v) is 9.22. The monoisotopic (exact) mass is 253 g/mol. The van der Waals surface area contributed by atoms with Gasteiger partial charge in [-0.15, -0.1) is 0 Å². The van der Waals surface area contributed by atoms with E-state index in [1.807, 2.05) is 6.92 Å². The second-order valence-corrected chi connectivity index (χ2v) is 3.71. The van der Waals surface area contributed by atoms with Gasteiger partial charge < -0.3 is 9.47 Å². The summed E-state index contributed by atoms with van der Waals surface area (Å²) >= 11 is 3.43. The van der Waals surface area contributed by atoms with Crippen LogP contribution in [-0.2, 0) is 6.42 Å². The summed E-state index contributed by atoms with van der Waals surface area (Å²) < 4.78 is 11.4. The first-order valence-electron chi connectivity index (χ1n) is 4.29. The van der Waals surface area contributed by atoms with Crippen LogP contribution in [0.15, 0.2) is 10.5 Å². The van der Waals surface area contributed by atoms with Crippen LogP contribution in [0, 0.1) is 11.3 Å². The largest absolute Gasteiger partial charge is 0.454 e. The lowest BCUT2D eigenvalue weighted by Crippen LogP contribution is -1.93. The fourth-order valence-electron chi connectivity index (χ4n) is 1.49. The Balaban J connectivity index is 2.67. The molecule has 0 radical (unpaired) electrons. The lowest BCUT2D eigenvalue weighted by atomic mass is 10.1. The van der Waals surface area contributed by atoms with Crippen molar-refractivity contribution in [1.82, 2.24) is 0 Å². The molecule has 0 saturated carbocycles. The number of halogens is 1. The molecule has 1 aliphatic heterocycles. The van der Waals surface area contributed by atoms with Crippen LogP contribution in [0.4, 0.5) is 0 Å². The van der Waals surface area contributed by atoms with Gasteiger partial charge in [0.25, 0.3) is 0 Å². The summed E-state index contributed by atoms with van der Waals surface area (Å²) in [4.78, 5) is 0. The third-order valence-electron chi connectivity index (χ3n) is 2.18. The van der Waals surface area contributed by atoms with E-state index in [1.165, 1.54) is 0 Å². The molecule has 1 aliphatic rings. The van der Waals surface area contributed by atoms with Gasteiger partial charge in [-0.3, -0.25) is 0 Å². The maximum absolute atomic E-state index is 8.94. The van der Waals surface area contributed by atoms with Crippen molar-refractivity contribution in [3.63, 3.8) is 0 Å². The summed E-state index contributed by atoms with van der Waals surface area (Å²) in [6.45, 7) is 2.23. The second kappa shape index (κ2) is 3.50. The van der Waals surface area contributed by atoms with Gasteiger partial charge in [-0.25, -0.2) is 0 Å². The lowest BCUT2D eigenvalue weighted by Gasteiger charge is -2.06. The normalized spacial score (nSPS) is 12.6. The maximum atomic E-state index is 8.94. The highest BCUT2D eigenvalue weighted by Crippen LogP contribution is 2.42. The average molecular weight is 254 g/mol. The molecule has 0 aromatic heterocycles. The molecule has 0 aliphatic carbocycles. The number of benzene rings is 1. The summed E-state index contributed by atoms with van der Waals surface area (Å²) in [5, 5.41) is 8.94. The molecule has 1 aromatic carbocycles. The summed E-state index contributed by atoms with van der Waals surface area (Å²) in [6, 6.07) is 3.88. The molecule has 14 heavy (non-hydrogen) atoms. The van der Waals surface area contributed by atoms with E-state index in [2.05, 4.69) is 22.0 Å². The van der Waals surface area contributed by atoms with Crippen molar-refractivity contribution in [3.05, 3.63) is 21.7 Å². The molecule has 2 rings (SSSR count). The van der Waals surface area contributed by atoms with Gasteiger partial charge in [-0.1, -0.05) is 6.92 Å². The number of nitrogens with zero attached hydrogens (tertiary/aromatic N) is 1. The molecule has 0 spiro atoms. The van der Waals surface area contributed by atoms with Crippen LogP contribution < -0.4 is 9.47 Å². The van der Waals surface area contributed by atoms with Crippen LogP contribution in [-0.4, -0.2) is 6.79 Å². The lowest BCUT2D eigenvalue weighted by molar-refractivity contribution is 0.173. The van der Waals surface area contributed by atoms with E-state index in [1.54, 1.807) is 6.07 Å². The summed E-state index contributed by atoms with van der Waals surface area (Å²) in [5.74, 6) is 1.35. The van der Waals surface area contributed by atoms with Gasteiger partial charge in [0.1, 0.15) is 0 Å². The van der Waals surface area contributed by atoms with Crippen molar-refractivity contribution in [2.45, 2.75) is 13.3 Å². The number of hydrogen-bond acceptors (Lipinski definition) is 3. The van der Waals surface area contributed by atoms with Crippen molar-refractivity contribution < 1.29 is 9.47 Å². The Hall–Kier alpha value is -1.21. The van der Waals surface area contributed by atoms with E-state index >= 15 is 0 Å². The highest BCUT2D eigenvalue weighted by molar-refractivity contribution is 9.10. The van der Waals surface area contributed by atoms with Gasteiger partial charge in [0, 0.05) is 6.07 Å². The van der Waals surface area contributed by atoms with Crippen molar-refractivity contribution in [2.75, 3.05) is 6.79 Å². The van der Waals surface area contributed by atoms with Crippen LogP contribution in [0.1, 0.15) is 18.1 Å². The molecule has 0 bridgehead atoms. The molecule has 0 atom stereocenters. The SMILES string of the molecule is CCc1c(C#N)cc2c(c1Br)OCO2. The first-order chi connectivity index (χ1) is 6.77. The van der Waals surface area contributed by atoms with Crippen molar-refractivity contribution in [2.24, 2.45) is 0 Å². The molecule has 0 N–H and O–H groups in total. The molecule has 1 aromatic rings. The molecular weight excluding hydrogens is 246 g/mol. The fraction of sp³-hybridized carbons (Fsp3) is 0.300. The predicted molar refractivity (Wildman–Crippen MR) is 54.4 cm³/mol. The van der Waals surface area contributed by atoms with E-state index in [0.29, 0.717) is 17.1 Å². The molecule has 0 unspecified atom stereocenters. The molecule has 72 valence electrons. The third kappa shape index (κ3) is 1.25. The van der Waals surface area contributed by atoms with Crippen LogP contribution in [0.3, 0.4) is 0 Å². The van der Waals surface area contributed by atoms with Gasteiger partial charge >= 0.3 is 0 Å². The Morgan fingerprint density at radius 3 is 3.00 bits per heavy atom. The fourth-order valence-corrected chi connectivity index (χ4v) is 2.29. The van der Waals surface area contributed by atoms with Crippen molar-refractivity contribution in [1.29, 1.82) is 5.26 Å². The van der Waals surface area contributed by atoms with Crippen molar-refractivity contribution in [3.8, 4) is 17.6 Å². The molecule has 0 fully saturated rings. The topological polar surface area (TPSA) is 42.2 Å². The van der Waals surface area contributed by atoms with Gasteiger partial charge in [-0.05, 0) is 27.9 Å². The van der Waals surface area contributed by atoms with E-state index < -0.39 is 0 Å². The smallest absolute Gasteiger partial charge is 0.231 e. The van der Waals surface area contributed by atoms with Gasteiger partial charge in [0.2, 0.25) is 6.79 Å². The Morgan fingerprint density at radius 2 is 2.36 bits per heavy atom. The van der Waals surface area contributed by atoms with Crippen LogP contribution in [0.2, 0.25) is 0 Å². The quantitative estimate of drug-likeness (QED) is 0.773. The second-order valence-electron chi connectivity index (χ2n) is 2.92. The molecule has 0 saturated heterocycles. The van der Waals surface area contributed by atoms with E-state index in [4.69, 9.17) is 14.7 Å². The summed E-state index contributed by atoms with van der Waals surface area (Å²) in [5.41, 5.74) is 1.61. The number of hydrogen-bond donors (Lipinski definition) is 0. The summed E-state index contributed by atoms with van der Waals surface area (Å²) in [6.07, 6.45) is 0.792. The van der Waals surface area contributed by atoms with Crippen molar-refractivity contribution >= 4 is 15.9 Å². The number of fused-ring (bicyclic) bond motifs is 1. The number of ether oxygens (including phenoxy) is 2. The molecular formula is C10H8BrNO2. The number of nitriles is 1. The first-order valence-corrected chi connectivity index (χ1v) is 5.08. The maximum Gasteiger partial charge on any atom is 0.231 e. The Kier molecular flexibility index (Phi) is 2.34. The van der Waals surface area contributed by atoms with E-state index in [-0.39, 0.29) is 6.79 Å². The minimum Gasteiger partial charge on any atom is -0.454 e. The Morgan fingerprint density at radius 1 is 1.57 bits per heavy atom. The highest BCUT2D eigenvalue weighted by Gasteiger charge is 2.21. The third-order valence-corrected chi connectivity index (χ3v) is 3.02.